The number of nitrogen functional groups attached to an aromatic ring is 1. The number of rotatable bonds is 4. The van der Waals surface area contributed by atoms with Crippen molar-refractivity contribution in [3.8, 4) is 0 Å². The Morgan fingerprint density at radius 3 is 2.79 bits per heavy atom. The number of β-amino-alcohol motifs (C(OH)–C–C–N with tert-alkyl or cyclic N) is 1. The van der Waals surface area contributed by atoms with Gasteiger partial charge in [-0.3, -0.25) is 4.68 Å². The first kappa shape index (κ1) is 14.3. The van der Waals surface area contributed by atoms with Crippen molar-refractivity contribution in [2.75, 3.05) is 18.8 Å². The molecule has 7 nitrogen and oxygen atoms in total. The van der Waals surface area contributed by atoms with Gasteiger partial charge >= 0.3 is 0 Å². The lowest BCUT2D eigenvalue weighted by molar-refractivity contribution is 0.0762. The van der Waals surface area contributed by atoms with Crippen molar-refractivity contribution in [1.82, 2.24) is 14.1 Å². The molecule has 2 heterocycles. The van der Waals surface area contributed by atoms with Crippen molar-refractivity contribution in [2.45, 2.75) is 43.7 Å². The Labute approximate surface area is 113 Å². The molecule has 19 heavy (non-hydrogen) atoms. The topological polar surface area (TPSA) is 101 Å². The molecule has 0 amide bonds. The van der Waals surface area contributed by atoms with Crippen LogP contribution in [0.5, 0.6) is 0 Å². The molecule has 0 spiro atoms. The molecule has 2 rings (SSSR count). The predicted octanol–water partition coefficient (Wildman–Crippen LogP) is 0.0207. The second kappa shape index (κ2) is 4.77. The zero-order valence-corrected chi connectivity index (χ0v) is 12.0. The number of hydrogen-bond donors (Lipinski definition) is 2. The summed E-state index contributed by atoms with van der Waals surface area (Å²) in [6.45, 7) is 4.62. The highest BCUT2D eigenvalue weighted by Crippen LogP contribution is 2.28. The minimum atomic E-state index is -3.67. The molecule has 1 atom stereocenters. The lowest BCUT2D eigenvalue weighted by Gasteiger charge is -2.18. The third-order valence-corrected chi connectivity index (χ3v) is 5.10. The van der Waals surface area contributed by atoms with Crippen LogP contribution in [0.25, 0.3) is 0 Å². The third-order valence-electron chi connectivity index (χ3n) is 3.24. The van der Waals surface area contributed by atoms with E-state index >= 15 is 0 Å². The van der Waals surface area contributed by atoms with E-state index in [2.05, 4.69) is 5.10 Å². The van der Waals surface area contributed by atoms with E-state index in [-0.39, 0.29) is 17.3 Å². The fraction of sp³-hybridized carbons (Fsp3) is 0.727. The molecule has 1 fully saturated rings. The smallest absolute Gasteiger partial charge is 0.248 e. The number of aryl methyl sites for hydroxylation is 1. The van der Waals surface area contributed by atoms with Crippen LogP contribution in [0.1, 0.15) is 26.7 Å². The Morgan fingerprint density at radius 2 is 2.26 bits per heavy atom. The summed E-state index contributed by atoms with van der Waals surface area (Å²) in [5.74, 6) is 0.0139. The van der Waals surface area contributed by atoms with Gasteiger partial charge in [0.25, 0.3) is 0 Å². The molecule has 0 aromatic carbocycles. The number of aromatic nitrogens is 2. The summed E-state index contributed by atoms with van der Waals surface area (Å²) in [6, 6.07) is 0. The summed E-state index contributed by atoms with van der Waals surface area (Å²) in [5, 5.41) is 13.9. The second-order valence-corrected chi connectivity index (χ2v) is 7.13. The van der Waals surface area contributed by atoms with Crippen LogP contribution in [0.3, 0.4) is 0 Å². The molecule has 0 radical (unpaired) electrons. The summed E-state index contributed by atoms with van der Waals surface area (Å²) < 4.78 is 27.7. The molecular weight excluding hydrogens is 268 g/mol. The van der Waals surface area contributed by atoms with Crippen LogP contribution in [0.4, 0.5) is 5.82 Å². The van der Waals surface area contributed by atoms with Crippen LogP contribution < -0.4 is 5.73 Å². The fourth-order valence-corrected chi connectivity index (χ4v) is 3.83. The zero-order chi connectivity index (χ0) is 14.3. The van der Waals surface area contributed by atoms with Gasteiger partial charge in [0, 0.05) is 25.8 Å². The maximum atomic E-state index is 12.4. The van der Waals surface area contributed by atoms with Crippen LogP contribution in [-0.4, -0.2) is 46.3 Å². The summed E-state index contributed by atoms with van der Waals surface area (Å²) >= 11 is 0. The van der Waals surface area contributed by atoms with Crippen molar-refractivity contribution in [2.24, 2.45) is 0 Å². The minimum Gasteiger partial charge on any atom is -0.389 e. The molecule has 8 heteroatoms. The van der Waals surface area contributed by atoms with Crippen LogP contribution in [0, 0.1) is 0 Å². The van der Waals surface area contributed by atoms with Gasteiger partial charge in [-0.05, 0) is 19.8 Å². The largest absolute Gasteiger partial charge is 0.389 e. The Balaban J connectivity index is 2.30. The van der Waals surface area contributed by atoms with E-state index in [0.29, 0.717) is 19.5 Å². The van der Waals surface area contributed by atoms with E-state index in [1.54, 1.807) is 6.92 Å². The Kier molecular flexibility index (Phi) is 3.59. The lowest BCUT2D eigenvalue weighted by atomic mass is 10.1. The fourth-order valence-electron chi connectivity index (χ4n) is 2.21. The normalized spacial score (nSPS) is 25.0. The van der Waals surface area contributed by atoms with Gasteiger partial charge in [-0.2, -0.15) is 9.40 Å². The molecule has 1 aliphatic heterocycles. The van der Waals surface area contributed by atoms with E-state index in [0.717, 1.165) is 6.42 Å². The first-order valence-corrected chi connectivity index (χ1v) is 7.76. The van der Waals surface area contributed by atoms with Gasteiger partial charge in [0.2, 0.25) is 10.0 Å². The van der Waals surface area contributed by atoms with Crippen molar-refractivity contribution >= 4 is 15.8 Å². The molecule has 3 N–H and O–H groups in total. The van der Waals surface area contributed by atoms with Gasteiger partial charge in [0.1, 0.15) is 4.90 Å². The van der Waals surface area contributed by atoms with E-state index in [4.69, 9.17) is 5.73 Å². The van der Waals surface area contributed by atoms with Gasteiger partial charge in [0.15, 0.2) is 5.82 Å². The Hall–Kier alpha value is -1.12. The Morgan fingerprint density at radius 1 is 1.58 bits per heavy atom. The first-order valence-electron chi connectivity index (χ1n) is 6.32. The number of nitrogens with two attached hydrogens (primary N) is 1. The molecule has 1 aromatic heterocycles. The molecule has 0 bridgehead atoms. The van der Waals surface area contributed by atoms with Crippen LogP contribution >= 0.6 is 0 Å². The van der Waals surface area contributed by atoms with Crippen molar-refractivity contribution < 1.29 is 13.5 Å². The maximum Gasteiger partial charge on any atom is 0.248 e. The quantitative estimate of drug-likeness (QED) is 0.813. The minimum absolute atomic E-state index is 0.0139. The van der Waals surface area contributed by atoms with E-state index < -0.39 is 15.6 Å². The van der Waals surface area contributed by atoms with Gasteiger partial charge in [-0.15, -0.1) is 0 Å². The predicted molar refractivity (Wildman–Crippen MR) is 70.9 cm³/mol. The molecule has 1 aliphatic rings. The highest BCUT2D eigenvalue weighted by molar-refractivity contribution is 7.89. The molecular formula is C11H20N4O3S. The third kappa shape index (κ3) is 2.75. The van der Waals surface area contributed by atoms with Crippen LogP contribution in [0.15, 0.2) is 11.1 Å². The van der Waals surface area contributed by atoms with Crippen molar-refractivity contribution in [1.29, 1.82) is 0 Å². The van der Waals surface area contributed by atoms with E-state index in [1.165, 1.54) is 15.2 Å². The first-order chi connectivity index (χ1) is 8.76. The lowest BCUT2D eigenvalue weighted by Crippen LogP contribution is -2.34. The molecule has 0 aliphatic carbocycles. The second-order valence-electron chi connectivity index (χ2n) is 5.23. The van der Waals surface area contributed by atoms with Crippen LogP contribution in [0.2, 0.25) is 0 Å². The zero-order valence-electron chi connectivity index (χ0n) is 11.2. The molecule has 0 saturated carbocycles. The van der Waals surface area contributed by atoms with Gasteiger partial charge in [0.05, 0.1) is 5.60 Å². The molecule has 1 aromatic rings. The van der Waals surface area contributed by atoms with Gasteiger partial charge in [-0.25, -0.2) is 8.42 Å². The van der Waals surface area contributed by atoms with Crippen molar-refractivity contribution in [3.63, 3.8) is 0 Å². The number of aliphatic hydroxyl groups is 1. The van der Waals surface area contributed by atoms with Crippen molar-refractivity contribution in [3.05, 3.63) is 6.20 Å². The van der Waals surface area contributed by atoms with Gasteiger partial charge in [-0.1, -0.05) is 6.92 Å². The van der Waals surface area contributed by atoms with E-state index in [9.17, 15) is 13.5 Å². The SMILES string of the molecule is CCCn1cc(S(=O)(=O)N2CCC(C)(O)C2)c(N)n1. The highest BCUT2D eigenvalue weighted by atomic mass is 32.2. The van der Waals surface area contributed by atoms with Crippen LogP contribution in [-0.2, 0) is 16.6 Å². The number of hydrogen-bond acceptors (Lipinski definition) is 5. The molecule has 108 valence electrons. The average Bonchev–Trinajstić information content (AvgIpc) is 2.83. The summed E-state index contributed by atoms with van der Waals surface area (Å²) in [5.41, 5.74) is 4.72. The number of sulfonamides is 1. The summed E-state index contributed by atoms with van der Waals surface area (Å²) in [4.78, 5) is 0.0265. The summed E-state index contributed by atoms with van der Waals surface area (Å²) in [7, 11) is -3.67. The van der Waals surface area contributed by atoms with E-state index in [1.807, 2.05) is 6.92 Å². The summed E-state index contributed by atoms with van der Waals surface area (Å²) in [6.07, 6.45) is 2.73. The highest BCUT2D eigenvalue weighted by Gasteiger charge is 2.39. The molecule has 1 saturated heterocycles. The monoisotopic (exact) mass is 288 g/mol. The standard InChI is InChI=1S/C11H20N4O3S/c1-3-5-14-7-9(10(12)13-14)19(17,18)15-6-4-11(2,16)8-15/h7,16H,3-6,8H2,1-2H3,(H2,12,13). The Bertz CT molecular complexity index is 564. The molecule has 1 unspecified atom stereocenters. The maximum absolute atomic E-state index is 12.4. The number of anilines is 1. The number of nitrogens with zero attached hydrogens (tertiary/aromatic N) is 3. The van der Waals surface area contributed by atoms with Gasteiger partial charge < -0.3 is 10.8 Å². The average molecular weight is 288 g/mol.